The summed E-state index contributed by atoms with van der Waals surface area (Å²) in [6.07, 6.45) is 100. The molecule has 0 aromatic carbocycles. The third-order valence-electron chi connectivity index (χ3n) is 12.4. The van der Waals surface area contributed by atoms with E-state index in [9.17, 15) is 14.4 Å². The monoisotopic (exact) mass is 1100 g/mol. The van der Waals surface area contributed by atoms with E-state index in [1.54, 1.807) is 0 Å². The van der Waals surface area contributed by atoms with Crippen molar-refractivity contribution in [1.29, 1.82) is 0 Å². The van der Waals surface area contributed by atoms with E-state index in [2.05, 4.69) is 203 Å². The number of allylic oxidation sites excluding steroid dienone is 32. The molecule has 6 nitrogen and oxygen atoms in total. The van der Waals surface area contributed by atoms with Crippen molar-refractivity contribution in [3.63, 3.8) is 0 Å². The third kappa shape index (κ3) is 63.1. The molecule has 1 unspecified atom stereocenters. The van der Waals surface area contributed by atoms with E-state index < -0.39 is 12.1 Å². The van der Waals surface area contributed by atoms with Crippen LogP contribution in [0.2, 0.25) is 0 Å². The first-order chi connectivity index (χ1) is 39.5. The van der Waals surface area contributed by atoms with Crippen LogP contribution in [0.1, 0.15) is 233 Å². The minimum atomic E-state index is -0.846. The summed E-state index contributed by atoms with van der Waals surface area (Å²) in [5, 5.41) is 0. The molecule has 0 rings (SSSR count). The summed E-state index contributed by atoms with van der Waals surface area (Å²) in [6, 6.07) is 0. The molecule has 0 aliphatic carbocycles. The number of hydrogen-bond acceptors (Lipinski definition) is 6. The Kier molecular flexibility index (Phi) is 61.0. The molecule has 0 saturated heterocycles. The summed E-state index contributed by atoms with van der Waals surface area (Å²) in [6.45, 7) is 6.28. The Morgan fingerprint density at radius 2 is 0.512 bits per heavy atom. The molecule has 80 heavy (non-hydrogen) atoms. The highest BCUT2D eigenvalue weighted by Gasteiger charge is 2.19. The normalized spacial score (nSPS) is 13.5. The van der Waals surface area contributed by atoms with Crippen LogP contribution in [0.5, 0.6) is 0 Å². The largest absolute Gasteiger partial charge is 0.462 e. The van der Waals surface area contributed by atoms with Gasteiger partial charge in [-0.3, -0.25) is 14.4 Å². The predicted molar refractivity (Wildman–Crippen MR) is 347 cm³/mol. The molecule has 0 radical (unpaired) electrons. The molecule has 0 bridgehead atoms. The topological polar surface area (TPSA) is 78.9 Å². The maximum absolute atomic E-state index is 12.8. The van der Waals surface area contributed by atoms with Gasteiger partial charge in [0.05, 0.1) is 0 Å². The first-order valence-corrected chi connectivity index (χ1v) is 31.4. The average molecular weight is 1100 g/mol. The third-order valence-corrected chi connectivity index (χ3v) is 12.4. The lowest BCUT2D eigenvalue weighted by molar-refractivity contribution is -0.166. The highest BCUT2D eigenvalue weighted by molar-refractivity contribution is 5.71. The summed E-state index contributed by atoms with van der Waals surface area (Å²) >= 11 is 0. The lowest BCUT2D eigenvalue weighted by atomic mass is 10.1. The Balaban J connectivity index is 4.45. The van der Waals surface area contributed by atoms with Gasteiger partial charge in [0.25, 0.3) is 0 Å². The Bertz CT molecular complexity index is 1930. The van der Waals surface area contributed by atoms with Crippen molar-refractivity contribution in [1.82, 2.24) is 0 Å². The van der Waals surface area contributed by atoms with Crippen molar-refractivity contribution >= 4 is 17.9 Å². The van der Waals surface area contributed by atoms with Gasteiger partial charge in [-0.25, -0.2) is 0 Å². The molecular formula is C74H112O6. The van der Waals surface area contributed by atoms with Gasteiger partial charge in [0.1, 0.15) is 13.2 Å². The smallest absolute Gasteiger partial charge is 0.306 e. The van der Waals surface area contributed by atoms with Crippen molar-refractivity contribution < 1.29 is 28.6 Å². The predicted octanol–water partition coefficient (Wildman–Crippen LogP) is 21.8. The molecule has 0 saturated carbocycles. The van der Waals surface area contributed by atoms with Gasteiger partial charge >= 0.3 is 17.9 Å². The van der Waals surface area contributed by atoms with E-state index in [4.69, 9.17) is 14.2 Å². The summed E-state index contributed by atoms with van der Waals surface area (Å²) in [7, 11) is 0. The van der Waals surface area contributed by atoms with E-state index in [0.29, 0.717) is 19.3 Å². The minimum absolute atomic E-state index is 0.130. The zero-order chi connectivity index (χ0) is 57.8. The number of hydrogen-bond donors (Lipinski definition) is 0. The fourth-order valence-electron chi connectivity index (χ4n) is 7.73. The second-order valence-corrected chi connectivity index (χ2v) is 19.9. The van der Waals surface area contributed by atoms with Crippen LogP contribution in [0.15, 0.2) is 194 Å². The second kappa shape index (κ2) is 65.8. The Morgan fingerprint density at radius 3 is 0.812 bits per heavy atom. The molecule has 0 aromatic heterocycles. The maximum atomic E-state index is 12.8. The Hall–Kier alpha value is -5.75. The second-order valence-electron chi connectivity index (χ2n) is 19.9. The SMILES string of the molecule is CC/C=C\C/C=C\C/C=C\C/C=C\C/C=C\C/C=C\C/C=C\C/C=C\C/C=C\C/C=C\CCCCC(=O)OCC(COC(=O)CCCCCCCCCCCC)OC(=O)CC/C=C\C/C=C\C/C=C\C/C=C\C/C=C\C/C=C\CC. The molecule has 0 aliphatic heterocycles. The van der Waals surface area contributed by atoms with Gasteiger partial charge in [0.15, 0.2) is 6.10 Å². The van der Waals surface area contributed by atoms with Crippen LogP contribution in [-0.2, 0) is 28.6 Å². The fourth-order valence-corrected chi connectivity index (χ4v) is 7.73. The van der Waals surface area contributed by atoms with Crippen LogP contribution in [0.3, 0.4) is 0 Å². The number of unbranched alkanes of at least 4 members (excludes halogenated alkanes) is 11. The molecule has 1 atom stereocenters. The number of rotatable bonds is 54. The van der Waals surface area contributed by atoms with Crippen LogP contribution in [0, 0.1) is 0 Å². The van der Waals surface area contributed by atoms with Crippen molar-refractivity contribution in [2.45, 2.75) is 239 Å². The van der Waals surface area contributed by atoms with Gasteiger partial charge in [-0.2, -0.15) is 0 Å². The minimum Gasteiger partial charge on any atom is -0.462 e. The van der Waals surface area contributed by atoms with Gasteiger partial charge in [-0.1, -0.05) is 273 Å². The van der Waals surface area contributed by atoms with E-state index in [0.717, 1.165) is 135 Å². The molecule has 0 amide bonds. The van der Waals surface area contributed by atoms with E-state index in [1.165, 1.54) is 44.9 Å². The Morgan fingerprint density at radius 1 is 0.263 bits per heavy atom. The zero-order valence-corrected chi connectivity index (χ0v) is 50.8. The molecule has 0 heterocycles. The van der Waals surface area contributed by atoms with Gasteiger partial charge in [-0.15, -0.1) is 0 Å². The van der Waals surface area contributed by atoms with Gasteiger partial charge < -0.3 is 14.2 Å². The van der Waals surface area contributed by atoms with Crippen molar-refractivity contribution in [3.05, 3.63) is 194 Å². The van der Waals surface area contributed by atoms with Crippen molar-refractivity contribution in [2.24, 2.45) is 0 Å². The zero-order valence-electron chi connectivity index (χ0n) is 50.8. The first kappa shape index (κ1) is 74.2. The first-order valence-electron chi connectivity index (χ1n) is 31.4. The lowest BCUT2D eigenvalue weighted by Crippen LogP contribution is -2.30. The molecule has 0 fully saturated rings. The maximum Gasteiger partial charge on any atom is 0.306 e. The summed E-state index contributed by atoms with van der Waals surface area (Å²) in [4.78, 5) is 38.1. The molecule has 0 N–H and O–H groups in total. The van der Waals surface area contributed by atoms with Crippen LogP contribution < -0.4 is 0 Å². The standard InChI is InChI=1S/C74H112O6/c1-4-7-10-13-16-19-22-24-26-28-30-31-32-33-34-35-36-37-38-39-40-41-42-43-45-46-48-50-52-55-58-61-64-67-73(76)79-70-71(69-78-72(75)66-63-60-57-54-21-18-15-12-9-6-3)80-74(77)68-65-62-59-56-53-51-49-47-44-29-27-25-23-20-17-14-11-8-5-2/h7-8,10-11,16-17,19-20,24-27,30-31,33-34,36-37,39-40,42-44,46-48,51-53,55,59,62,71H,4-6,9,12-15,18,21-23,28-29,32,35,38,41,45,49-50,54,56-58,60-61,63-70H2,1-3H3/b10-7-,11-8-,19-16-,20-17-,26-24-,27-25-,31-30-,34-33-,37-36-,40-39-,43-42-,47-44-,48-46-,53-51-,55-52-,62-59-. The molecule has 0 aromatic rings. The molecule has 6 heteroatoms. The number of carbonyl (C=O) groups is 3. The number of carbonyl (C=O) groups excluding carboxylic acids is 3. The summed E-state index contributed by atoms with van der Waals surface area (Å²) in [5.74, 6) is -1.07. The lowest BCUT2D eigenvalue weighted by Gasteiger charge is -2.18. The van der Waals surface area contributed by atoms with E-state index in [-0.39, 0.29) is 38.0 Å². The number of esters is 3. The molecule has 0 aliphatic rings. The van der Waals surface area contributed by atoms with Crippen LogP contribution in [-0.4, -0.2) is 37.2 Å². The van der Waals surface area contributed by atoms with Gasteiger partial charge in [-0.05, 0) is 135 Å². The molecule has 444 valence electrons. The van der Waals surface area contributed by atoms with Crippen LogP contribution in [0.4, 0.5) is 0 Å². The highest BCUT2D eigenvalue weighted by atomic mass is 16.6. The highest BCUT2D eigenvalue weighted by Crippen LogP contribution is 2.13. The van der Waals surface area contributed by atoms with Crippen molar-refractivity contribution in [3.8, 4) is 0 Å². The van der Waals surface area contributed by atoms with E-state index >= 15 is 0 Å². The summed E-state index contributed by atoms with van der Waals surface area (Å²) in [5.41, 5.74) is 0. The quantitative estimate of drug-likeness (QED) is 0.0261. The van der Waals surface area contributed by atoms with E-state index in [1.807, 2.05) is 12.2 Å². The summed E-state index contributed by atoms with van der Waals surface area (Å²) < 4.78 is 16.7. The van der Waals surface area contributed by atoms with Gasteiger partial charge in [0.2, 0.25) is 0 Å². The molecular weight excluding hydrogens is 985 g/mol. The van der Waals surface area contributed by atoms with Crippen LogP contribution >= 0.6 is 0 Å². The fraction of sp³-hybridized carbons (Fsp3) is 0.527. The van der Waals surface area contributed by atoms with Crippen LogP contribution in [0.25, 0.3) is 0 Å². The number of ether oxygens (including phenoxy) is 3. The average Bonchev–Trinajstić information content (AvgIpc) is 3.46. The Labute approximate surface area is 490 Å². The molecule has 0 spiro atoms. The van der Waals surface area contributed by atoms with Crippen molar-refractivity contribution in [2.75, 3.05) is 13.2 Å². The van der Waals surface area contributed by atoms with Gasteiger partial charge in [0, 0.05) is 19.3 Å².